The summed E-state index contributed by atoms with van der Waals surface area (Å²) < 4.78 is 13.2. The van der Waals surface area contributed by atoms with Crippen molar-refractivity contribution in [2.24, 2.45) is 0 Å². The first kappa shape index (κ1) is 14.7. The van der Waals surface area contributed by atoms with E-state index in [9.17, 15) is 4.39 Å². The first-order valence-corrected chi connectivity index (χ1v) is 6.95. The van der Waals surface area contributed by atoms with Crippen molar-refractivity contribution in [2.75, 3.05) is 11.9 Å². The summed E-state index contributed by atoms with van der Waals surface area (Å²) in [4.78, 5) is 0. The molecule has 0 fully saturated rings. The zero-order valence-corrected chi connectivity index (χ0v) is 12.6. The molecule has 5 heteroatoms. The molecule has 0 saturated heterocycles. The summed E-state index contributed by atoms with van der Waals surface area (Å²) in [6, 6.07) is 4.58. The van der Waals surface area contributed by atoms with Crippen LogP contribution in [0.4, 0.5) is 10.2 Å². The third-order valence-corrected chi connectivity index (χ3v) is 3.55. The molecule has 106 valence electrons. The van der Waals surface area contributed by atoms with Crippen molar-refractivity contribution in [3.63, 3.8) is 0 Å². The quantitative estimate of drug-likeness (QED) is 0.909. The summed E-state index contributed by atoms with van der Waals surface area (Å²) in [6.07, 6.45) is 1.02. The number of benzene rings is 1. The van der Waals surface area contributed by atoms with Crippen molar-refractivity contribution in [3.8, 4) is 11.3 Å². The minimum atomic E-state index is -0.431. The van der Waals surface area contributed by atoms with E-state index in [1.807, 2.05) is 13.8 Å². The van der Waals surface area contributed by atoms with E-state index in [2.05, 4.69) is 22.4 Å². The molecule has 1 aromatic carbocycles. The lowest BCUT2D eigenvalue weighted by Gasteiger charge is -2.12. The van der Waals surface area contributed by atoms with Crippen LogP contribution in [0.2, 0.25) is 5.02 Å². The van der Waals surface area contributed by atoms with Crippen LogP contribution >= 0.6 is 11.6 Å². The number of hydrogen-bond acceptors (Lipinski definition) is 3. The second-order valence-corrected chi connectivity index (χ2v) is 5.11. The van der Waals surface area contributed by atoms with Gasteiger partial charge >= 0.3 is 0 Å². The topological polar surface area (TPSA) is 37.8 Å². The minimum absolute atomic E-state index is 0.0922. The molecule has 0 aliphatic rings. The number of hydrogen-bond donors (Lipinski definition) is 1. The Balaban J connectivity index is 2.42. The van der Waals surface area contributed by atoms with Gasteiger partial charge in [-0.05, 0) is 49.6 Å². The van der Waals surface area contributed by atoms with Crippen LogP contribution in [0.15, 0.2) is 18.2 Å². The van der Waals surface area contributed by atoms with Crippen LogP contribution in [0.5, 0.6) is 0 Å². The first-order valence-electron chi connectivity index (χ1n) is 6.57. The summed E-state index contributed by atoms with van der Waals surface area (Å²) in [6.45, 7) is 6.93. The summed E-state index contributed by atoms with van der Waals surface area (Å²) in [5, 5.41) is 11.8. The molecule has 1 aromatic heterocycles. The van der Waals surface area contributed by atoms with Crippen molar-refractivity contribution in [1.29, 1.82) is 0 Å². The van der Waals surface area contributed by atoms with E-state index in [4.69, 9.17) is 11.6 Å². The highest BCUT2D eigenvalue weighted by molar-refractivity contribution is 6.31. The van der Waals surface area contributed by atoms with Gasteiger partial charge in [-0.3, -0.25) is 0 Å². The number of nitrogens with one attached hydrogen (secondary N) is 1. The number of anilines is 1. The zero-order chi connectivity index (χ0) is 14.7. The minimum Gasteiger partial charge on any atom is -0.368 e. The maximum Gasteiger partial charge on any atom is 0.151 e. The number of nitrogens with zero attached hydrogens (tertiary/aromatic N) is 2. The second-order valence-electron chi connectivity index (χ2n) is 4.70. The molecule has 0 unspecified atom stereocenters. The van der Waals surface area contributed by atoms with Crippen LogP contribution in [0.1, 0.15) is 24.5 Å². The maximum absolute atomic E-state index is 13.2. The van der Waals surface area contributed by atoms with Gasteiger partial charge in [0.05, 0.1) is 10.7 Å². The highest BCUT2D eigenvalue weighted by Crippen LogP contribution is 2.28. The fourth-order valence-electron chi connectivity index (χ4n) is 1.93. The number of aromatic nitrogens is 2. The van der Waals surface area contributed by atoms with Gasteiger partial charge in [0.2, 0.25) is 0 Å². The molecule has 2 aromatic rings. The molecule has 0 spiro atoms. The Morgan fingerprint density at radius 2 is 1.95 bits per heavy atom. The molecule has 20 heavy (non-hydrogen) atoms. The third-order valence-electron chi connectivity index (χ3n) is 3.26. The molecule has 1 N–H and O–H groups in total. The van der Waals surface area contributed by atoms with Crippen molar-refractivity contribution < 1.29 is 4.39 Å². The Kier molecular flexibility index (Phi) is 4.55. The van der Waals surface area contributed by atoms with Crippen molar-refractivity contribution in [2.45, 2.75) is 27.2 Å². The van der Waals surface area contributed by atoms with E-state index >= 15 is 0 Å². The predicted octanol–water partition coefficient (Wildman–Crippen LogP) is 4.37. The van der Waals surface area contributed by atoms with Crippen LogP contribution in [0.25, 0.3) is 11.3 Å². The van der Waals surface area contributed by atoms with Gasteiger partial charge in [0, 0.05) is 12.1 Å². The van der Waals surface area contributed by atoms with E-state index in [1.165, 1.54) is 6.07 Å². The Bertz CT molecular complexity index is 629. The smallest absolute Gasteiger partial charge is 0.151 e. The first-order chi connectivity index (χ1) is 9.54. The lowest BCUT2D eigenvalue weighted by Crippen LogP contribution is -2.07. The van der Waals surface area contributed by atoms with Crippen LogP contribution in [-0.2, 0) is 0 Å². The average molecular weight is 294 g/mol. The summed E-state index contributed by atoms with van der Waals surface area (Å²) >= 11 is 5.82. The van der Waals surface area contributed by atoms with E-state index in [0.29, 0.717) is 0 Å². The largest absolute Gasteiger partial charge is 0.368 e. The zero-order valence-electron chi connectivity index (χ0n) is 11.8. The van der Waals surface area contributed by atoms with E-state index < -0.39 is 5.82 Å². The third kappa shape index (κ3) is 2.90. The fraction of sp³-hybridized carbons (Fsp3) is 0.333. The van der Waals surface area contributed by atoms with Gasteiger partial charge in [-0.1, -0.05) is 18.5 Å². The molecule has 2 rings (SSSR count). The molecule has 0 aliphatic heterocycles. The highest BCUT2D eigenvalue weighted by Gasteiger charge is 2.12. The fourth-order valence-corrected chi connectivity index (χ4v) is 2.11. The second kappa shape index (κ2) is 6.18. The standard InChI is InChI=1S/C15H17ClFN3/c1-4-7-18-15-10(3)9(2)14(19-20-15)11-5-6-13(17)12(16)8-11/h5-6,8H,4,7H2,1-3H3,(H,18,20). The van der Waals surface area contributed by atoms with Crippen LogP contribution in [0, 0.1) is 19.7 Å². The normalized spacial score (nSPS) is 10.7. The predicted molar refractivity (Wildman–Crippen MR) is 80.7 cm³/mol. The molecule has 0 radical (unpaired) electrons. The SMILES string of the molecule is CCCNc1nnc(-c2ccc(F)c(Cl)c2)c(C)c1C. The molecule has 1 heterocycles. The summed E-state index contributed by atoms with van der Waals surface area (Å²) in [5.41, 5.74) is 3.56. The van der Waals surface area contributed by atoms with E-state index in [0.717, 1.165) is 41.2 Å². The van der Waals surface area contributed by atoms with Gasteiger partial charge in [-0.25, -0.2) is 4.39 Å². The molecular formula is C15H17ClFN3. The van der Waals surface area contributed by atoms with Gasteiger partial charge in [0.25, 0.3) is 0 Å². The van der Waals surface area contributed by atoms with E-state index in [1.54, 1.807) is 12.1 Å². The Morgan fingerprint density at radius 1 is 1.20 bits per heavy atom. The molecule has 0 aliphatic carbocycles. The monoisotopic (exact) mass is 293 g/mol. The van der Waals surface area contributed by atoms with Gasteiger partial charge in [0.15, 0.2) is 5.82 Å². The molecular weight excluding hydrogens is 277 g/mol. The van der Waals surface area contributed by atoms with Crippen LogP contribution in [-0.4, -0.2) is 16.7 Å². The Morgan fingerprint density at radius 3 is 2.60 bits per heavy atom. The van der Waals surface area contributed by atoms with Gasteiger partial charge in [-0.15, -0.1) is 10.2 Å². The molecule has 0 bridgehead atoms. The van der Waals surface area contributed by atoms with Crippen molar-refractivity contribution in [3.05, 3.63) is 40.2 Å². The maximum atomic E-state index is 13.2. The summed E-state index contributed by atoms with van der Waals surface area (Å²) in [7, 11) is 0. The highest BCUT2D eigenvalue weighted by atomic mass is 35.5. The number of rotatable bonds is 4. The lowest BCUT2D eigenvalue weighted by atomic mass is 10.0. The van der Waals surface area contributed by atoms with Crippen molar-refractivity contribution >= 4 is 17.4 Å². The molecule has 3 nitrogen and oxygen atoms in total. The molecule has 0 atom stereocenters. The molecule has 0 saturated carbocycles. The summed E-state index contributed by atoms with van der Waals surface area (Å²) in [5.74, 6) is 0.361. The van der Waals surface area contributed by atoms with Gasteiger partial charge in [0.1, 0.15) is 5.82 Å². The average Bonchev–Trinajstić information content (AvgIpc) is 2.44. The lowest BCUT2D eigenvalue weighted by molar-refractivity contribution is 0.628. The van der Waals surface area contributed by atoms with Crippen LogP contribution in [0.3, 0.4) is 0 Å². The van der Waals surface area contributed by atoms with E-state index in [-0.39, 0.29) is 5.02 Å². The Labute approximate surface area is 123 Å². The number of halogens is 2. The molecule has 0 amide bonds. The van der Waals surface area contributed by atoms with Crippen molar-refractivity contribution in [1.82, 2.24) is 10.2 Å². The van der Waals surface area contributed by atoms with Gasteiger partial charge in [-0.2, -0.15) is 0 Å². The van der Waals surface area contributed by atoms with Gasteiger partial charge < -0.3 is 5.32 Å². The Hall–Kier alpha value is -1.68. The van der Waals surface area contributed by atoms with Crippen LogP contribution < -0.4 is 5.32 Å².